The second-order valence-electron chi connectivity index (χ2n) is 21.0. The van der Waals surface area contributed by atoms with E-state index in [-0.39, 0.29) is 18.5 Å². The Bertz CT molecular complexity index is 1120. The minimum Gasteiger partial charge on any atom is -0.466 e. The lowest BCUT2D eigenvalue weighted by molar-refractivity contribution is -0.143. The second kappa shape index (κ2) is 58.6. The van der Waals surface area contributed by atoms with E-state index in [4.69, 9.17) is 4.74 Å². The maximum Gasteiger partial charge on any atom is 0.305 e. The highest BCUT2D eigenvalue weighted by Gasteiger charge is 2.18. The van der Waals surface area contributed by atoms with Crippen LogP contribution in [0.25, 0.3) is 0 Å². The van der Waals surface area contributed by atoms with Crippen LogP contribution in [0.15, 0.2) is 36.5 Å². The van der Waals surface area contributed by atoms with Gasteiger partial charge in [-0.3, -0.25) is 9.59 Å². The molecule has 69 heavy (non-hydrogen) atoms. The molecule has 6 nitrogen and oxygen atoms in total. The number of hydrogen-bond acceptors (Lipinski definition) is 5. The van der Waals surface area contributed by atoms with Gasteiger partial charge in [0.2, 0.25) is 5.91 Å². The number of nitrogens with one attached hydrogen (secondary N) is 1. The van der Waals surface area contributed by atoms with E-state index in [9.17, 15) is 19.8 Å². The average molecular weight is 971 g/mol. The third-order valence-corrected chi connectivity index (χ3v) is 14.1. The third kappa shape index (κ3) is 55.2. The first kappa shape index (κ1) is 67.1. The van der Waals surface area contributed by atoms with Gasteiger partial charge >= 0.3 is 5.97 Å². The molecule has 6 heteroatoms. The molecular formula is C63H119NO5. The van der Waals surface area contributed by atoms with Crippen molar-refractivity contribution in [1.29, 1.82) is 0 Å². The van der Waals surface area contributed by atoms with E-state index in [1.54, 1.807) is 6.08 Å². The van der Waals surface area contributed by atoms with E-state index in [1.165, 1.54) is 250 Å². The molecule has 1 amide bonds. The van der Waals surface area contributed by atoms with Gasteiger partial charge in [0.25, 0.3) is 0 Å². The first-order valence-corrected chi connectivity index (χ1v) is 30.8. The molecule has 0 aromatic carbocycles. The van der Waals surface area contributed by atoms with Gasteiger partial charge in [-0.05, 0) is 77.0 Å². The van der Waals surface area contributed by atoms with E-state index in [2.05, 4.69) is 43.5 Å². The predicted octanol–water partition coefficient (Wildman–Crippen LogP) is 19.2. The average Bonchev–Trinajstić information content (AvgIpc) is 3.35. The van der Waals surface area contributed by atoms with E-state index < -0.39 is 12.1 Å². The number of carbonyl (C=O) groups excluding carboxylic acids is 2. The van der Waals surface area contributed by atoms with Gasteiger partial charge in [0.05, 0.1) is 25.4 Å². The van der Waals surface area contributed by atoms with Crippen LogP contribution in [0.3, 0.4) is 0 Å². The van der Waals surface area contributed by atoms with Gasteiger partial charge in [0, 0.05) is 12.8 Å². The number of amides is 1. The molecule has 0 heterocycles. The molecule has 0 bridgehead atoms. The van der Waals surface area contributed by atoms with Crippen molar-refractivity contribution >= 4 is 11.9 Å². The molecule has 2 unspecified atom stereocenters. The Morgan fingerprint density at radius 1 is 0.391 bits per heavy atom. The normalized spacial score (nSPS) is 12.8. The van der Waals surface area contributed by atoms with Crippen LogP contribution in [0.2, 0.25) is 0 Å². The lowest BCUT2D eigenvalue weighted by Crippen LogP contribution is -2.45. The number of aliphatic hydroxyl groups excluding tert-OH is 2. The lowest BCUT2D eigenvalue weighted by Gasteiger charge is -2.20. The van der Waals surface area contributed by atoms with Crippen LogP contribution >= 0.6 is 0 Å². The van der Waals surface area contributed by atoms with E-state index in [1.807, 2.05) is 6.08 Å². The Morgan fingerprint density at radius 3 is 1.07 bits per heavy atom. The molecule has 0 radical (unpaired) electrons. The molecule has 3 N–H and O–H groups in total. The van der Waals surface area contributed by atoms with Gasteiger partial charge in [0.15, 0.2) is 0 Å². The highest BCUT2D eigenvalue weighted by molar-refractivity contribution is 5.76. The standard InChI is InChI=1S/C63H119NO5/c1-3-5-7-9-11-13-15-16-17-18-19-20-21-23-26-29-32-36-39-43-47-51-55-61(66)60(59-65)64-62(67)56-52-48-44-40-37-33-30-27-24-22-25-28-31-34-38-42-46-50-54-58-69-63(68)57-53-49-45-41-35-14-12-10-8-6-4-2/h10,12,22,24,51,55,60-61,65-66H,3-9,11,13-21,23,25-50,52-54,56-59H2,1-2H3,(H,64,67)/b12-10-,24-22-,55-51+. The van der Waals surface area contributed by atoms with Gasteiger partial charge in [0.1, 0.15) is 0 Å². The summed E-state index contributed by atoms with van der Waals surface area (Å²) in [6.07, 6.45) is 73.2. The van der Waals surface area contributed by atoms with Crippen LogP contribution in [0, 0.1) is 0 Å². The predicted molar refractivity (Wildman–Crippen MR) is 301 cm³/mol. The third-order valence-electron chi connectivity index (χ3n) is 14.1. The largest absolute Gasteiger partial charge is 0.466 e. The molecule has 0 aliphatic heterocycles. The maximum atomic E-state index is 12.5. The first-order valence-electron chi connectivity index (χ1n) is 30.8. The van der Waals surface area contributed by atoms with Crippen molar-refractivity contribution in [2.24, 2.45) is 0 Å². The fourth-order valence-electron chi connectivity index (χ4n) is 9.38. The van der Waals surface area contributed by atoms with Crippen molar-refractivity contribution in [3.8, 4) is 0 Å². The summed E-state index contributed by atoms with van der Waals surface area (Å²) >= 11 is 0. The zero-order valence-electron chi connectivity index (χ0n) is 46.3. The topological polar surface area (TPSA) is 95.9 Å². The summed E-state index contributed by atoms with van der Waals surface area (Å²) in [6.45, 7) is 4.87. The molecule has 0 aromatic heterocycles. The van der Waals surface area contributed by atoms with E-state index >= 15 is 0 Å². The molecule has 0 spiro atoms. The molecule has 0 rings (SSSR count). The van der Waals surface area contributed by atoms with Gasteiger partial charge in [-0.2, -0.15) is 0 Å². The van der Waals surface area contributed by atoms with Crippen molar-refractivity contribution < 1.29 is 24.5 Å². The molecule has 2 atom stereocenters. The Kier molecular flexibility index (Phi) is 57.0. The number of ether oxygens (including phenoxy) is 1. The molecule has 0 aromatic rings. The molecule has 0 saturated heterocycles. The van der Waals surface area contributed by atoms with E-state index in [0.29, 0.717) is 19.4 Å². The smallest absolute Gasteiger partial charge is 0.305 e. The molecule has 0 aliphatic carbocycles. The van der Waals surface area contributed by atoms with Crippen LogP contribution in [0.1, 0.15) is 328 Å². The maximum absolute atomic E-state index is 12.5. The number of hydrogen-bond donors (Lipinski definition) is 3. The van der Waals surface area contributed by atoms with Crippen molar-refractivity contribution in [3.63, 3.8) is 0 Å². The zero-order valence-corrected chi connectivity index (χ0v) is 46.3. The summed E-state index contributed by atoms with van der Waals surface area (Å²) in [7, 11) is 0. The van der Waals surface area contributed by atoms with Crippen molar-refractivity contribution in [3.05, 3.63) is 36.5 Å². The van der Waals surface area contributed by atoms with Crippen molar-refractivity contribution in [1.82, 2.24) is 5.32 Å². The fourth-order valence-corrected chi connectivity index (χ4v) is 9.38. The van der Waals surface area contributed by atoms with Gasteiger partial charge < -0.3 is 20.3 Å². The molecule has 0 saturated carbocycles. The fraction of sp³-hybridized carbons (Fsp3) is 0.873. The Balaban J connectivity index is 3.48. The van der Waals surface area contributed by atoms with Crippen LogP contribution in [-0.4, -0.2) is 47.4 Å². The van der Waals surface area contributed by atoms with Gasteiger partial charge in [-0.1, -0.05) is 275 Å². The first-order chi connectivity index (χ1) is 34.0. The lowest BCUT2D eigenvalue weighted by atomic mass is 10.0. The Labute approximate surface area is 430 Å². The number of allylic oxidation sites excluding steroid dienone is 5. The quantitative estimate of drug-likeness (QED) is 0.0321. The second-order valence-corrected chi connectivity index (χ2v) is 21.0. The number of aliphatic hydroxyl groups is 2. The summed E-state index contributed by atoms with van der Waals surface area (Å²) < 4.78 is 5.45. The zero-order chi connectivity index (χ0) is 50.0. The Hall–Kier alpha value is -1.92. The van der Waals surface area contributed by atoms with Crippen molar-refractivity contribution in [2.75, 3.05) is 13.2 Å². The number of unbranched alkanes of at least 4 members (excludes halogenated alkanes) is 42. The SMILES string of the molecule is CCCC/C=C\CCCCCCCC(=O)OCCCCCCCCCC/C=C\CCCCCCCCCC(=O)NC(CO)C(O)/C=C/CCCCCCCCCCCCCCCCCCCCCC. The molecule has 0 aliphatic rings. The summed E-state index contributed by atoms with van der Waals surface area (Å²) in [5.41, 5.74) is 0. The monoisotopic (exact) mass is 970 g/mol. The number of esters is 1. The van der Waals surface area contributed by atoms with Crippen molar-refractivity contribution in [2.45, 2.75) is 341 Å². The minimum atomic E-state index is -0.852. The number of rotatable bonds is 57. The van der Waals surface area contributed by atoms with Crippen LogP contribution in [0.4, 0.5) is 0 Å². The summed E-state index contributed by atoms with van der Waals surface area (Å²) in [5.74, 6) is -0.0832. The summed E-state index contributed by atoms with van der Waals surface area (Å²) in [6, 6.07) is -0.636. The van der Waals surface area contributed by atoms with Crippen LogP contribution in [0.5, 0.6) is 0 Å². The molecule has 406 valence electrons. The number of carbonyl (C=O) groups is 2. The Morgan fingerprint density at radius 2 is 0.696 bits per heavy atom. The molecular weight excluding hydrogens is 851 g/mol. The minimum absolute atomic E-state index is 0.00785. The van der Waals surface area contributed by atoms with Crippen LogP contribution < -0.4 is 5.32 Å². The highest BCUT2D eigenvalue weighted by atomic mass is 16.5. The van der Waals surface area contributed by atoms with Crippen LogP contribution in [-0.2, 0) is 14.3 Å². The summed E-state index contributed by atoms with van der Waals surface area (Å²) in [4.78, 5) is 24.5. The van der Waals surface area contributed by atoms with Gasteiger partial charge in [-0.25, -0.2) is 0 Å². The van der Waals surface area contributed by atoms with E-state index in [0.717, 1.165) is 51.4 Å². The highest BCUT2D eigenvalue weighted by Crippen LogP contribution is 2.17. The van der Waals surface area contributed by atoms with Gasteiger partial charge in [-0.15, -0.1) is 0 Å². The molecule has 0 fully saturated rings. The summed E-state index contributed by atoms with van der Waals surface area (Å²) in [5, 5.41) is 23.2.